The lowest BCUT2D eigenvalue weighted by Crippen LogP contribution is -2.36. The molecule has 11 heavy (non-hydrogen) atoms. The first-order chi connectivity index (χ1) is 5.05. The molecule has 1 N–H and O–H groups in total. The Morgan fingerprint density at radius 1 is 1.64 bits per heavy atom. The van der Waals surface area contributed by atoms with Crippen molar-refractivity contribution in [3.8, 4) is 0 Å². The number of nitrogens with zero attached hydrogens (tertiary/aromatic N) is 4. The molecule has 0 unspecified atom stereocenters. The summed E-state index contributed by atoms with van der Waals surface area (Å²) >= 11 is 0. The molecular weight excluding hydrogens is 148 g/mol. The second-order valence-electron chi connectivity index (χ2n) is 2.62. The van der Waals surface area contributed by atoms with Gasteiger partial charge in [-0.2, -0.15) is 0 Å². The molecular formula is C5H8N4O2. The molecule has 1 aromatic heterocycles. The molecule has 0 fully saturated rings. The third-order valence-corrected chi connectivity index (χ3v) is 1.45. The number of hydrogen-bond donors (Lipinski definition) is 1. The Bertz CT molecular complexity index is 253. The van der Waals surface area contributed by atoms with Crippen LogP contribution in [0, 0.1) is 0 Å². The topological polar surface area (TPSA) is 80.9 Å². The Labute approximate surface area is 62.8 Å². The molecule has 0 amide bonds. The fourth-order valence-electron chi connectivity index (χ4n) is 0.515. The summed E-state index contributed by atoms with van der Waals surface area (Å²) < 4.78 is 1.19. The third kappa shape index (κ3) is 1.19. The quantitative estimate of drug-likeness (QED) is 0.623. The molecule has 0 spiro atoms. The van der Waals surface area contributed by atoms with E-state index in [-0.39, 0.29) is 0 Å². The number of rotatable bonds is 2. The summed E-state index contributed by atoms with van der Waals surface area (Å²) in [6, 6.07) is 0. The first-order valence-corrected chi connectivity index (χ1v) is 3.02. The van der Waals surface area contributed by atoms with Crippen LogP contribution >= 0.6 is 0 Å². The van der Waals surface area contributed by atoms with Gasteiger partial charge in [0.05, 0.1) is 0 Å². The van der Waals surface area contributed by atoms with Crippen LogP contribution in [0.2, 0.25) is 0 Å². The average Bonchev–Trinajstić information content (AvgIpc) is 2.37. The van der Waals surface area contributed by atoms with Crippen LogP contribution in [0.1, 0.15) is 13.8 Å². The maximum atomic E-state index is 10.6. The lowest BCUT2D eigenvalue weighted by Gasteiger charge is -2.17. The van der Waals surface area contributed by atoms with Crippen molar-refractivity contribution >= 4 is 5.97 Å². The van der Waals surface area contributed by atoms with Crippen LogP contribution in [0.5, 0.6) is 0 Å². The van der Waals surface area contributed by atoms with Crippen LogP contribution in [-0.4, -0.2) is 31.3 Å². The lowest BCUT2D eigenvalue weighted by atomic mass is 10.1. The lowest BCUT2D eigenvalue weighted by molar-refractivity contribution is -0.146. The van der Waals surface area contributed by atoms with E-state index in [1.165, 1.54) is 24.9 Å². The van der Waals surface area contributed by atoms with Gasteiger partial charge in [-0.3, -0.25) is 0 Å². The zero-order valence-electron chi connectivity index (χ0n) is 6.22. The van der Waals surface area contributed by atoms with E-state index in [0.29, 0.717) is 0 Å². The number of aliphatic carboxylic acids is 1. The first-order valence-electron chi connectivity index (χ1n) is 3.02. The van der Waals surface area contributed by atoms with E-state index < -0.39 is 11.5 Å². The van der Waals surface area contributed by atoms with Gasteiger partial charge >= 0.3 is 5.97 Å². The minimum Gasteiger partial charge on any atom is -0.479 e. The molecule has 0 bridgehead atoms. The zero-order valence-corrected chi connectivity index (χ0v) is 6.22. The van der Waals surface area contributed by atoms with Crippen molar-refractivity contribution in [3.63, 3.8) is 0 Å². The largest absolute Gasteiger partial charge is 0.479 e. The molecule has 0 aliphatic heterocycles. The van der Waals surface area contributed by atoms with E-state index in [1.807, 2.05) is 0 Å². The molecule has 0 atom stereocenters. The molecule has 1 rings (SSSR count). The summed E-state index contributed by atoms with van der Waals surface area (Å²) in [6.45, 7) is 3.04. The standard InChI is InChI=1S/C5H8N4O2/c1-5(2,4(10)11)9-3-6-7-8-9/h3H,1-2H3,(H,10,11). The number of carbonyl (C=O) groups is 1. The Hall–Kier alpha value is -1.46. The van der Waals surface area contributed by atoms with E-state index in [4.69, 9.17) is 5.11 Å². The first kappa shape index (κ1) is 7.64. The van der Waals surface area contributed by atoms with Crippen molar-refractivity contribution in [2.24, 2.45) is 0 Å². The fraction of sp³-hybridized carbons (Fsp3) is 0.600. The Morgan fingerprint density at radius 3 is 2.64 bits per heavy atom. The van der Waals surface area contributed by atoms with Gasteiger partial charge in [0.15, 0.2) is 5.54 Å². The maximum absolute atomic E-state index is 10.6. The summed E-state index contributed by atoms with van der Waals surface area (Å²) in [7, 11) is 0. The Kier molecular flexibility index (Phi) is 1.60. The number of aromatic nitrogens is 4. The normalized spacial score (nSPS) is 11.5. The minimum atomic E-state index is -1.08. The van der Waals surface area contributed by atoms with Crippen LogP contribution < -0.4 is 0 Å². The molecule has 0 aliphatic carbocycles. The van der Waals surface area contributed by atoms with Crippen LogP contribution in [0.15, 0.2) is 6.33 Å². The highest BCUT2D eigenvalue weighted by atomic mass is 16.4. The van der Waals surface area contributed by atoms with E-state index in [2.05, 4.69) is 15.5 Å². The van der Waals surface area contributed by atoms with Gasteiger partial charge in [0.25, 0.3) is 0 Å². The van der Waals surface area contributed by atoms with Gasteiger partial charge in [0.1, 0.15) is 6.33 Å². The summed E-state index contributed by atoms with van der Waals surface area (Å²) in [6.07, 6.45) is 1.27. The summed E-state index contributed by atoms with van der Waals surface area (Å²) in [5, 5.41) is 18.9. The minimum absolute atomic E-state index is 0.968. The molecule has 6 heteroatoms. The molecule has 0 radical (unpaired) electrons. The molecule has 0 saturated heterocycles. The van der Waals surface area contributed by atoms with Crippen molar-refractivity contribution in [1.82, 2.24) is 20.2 Å². The second kappa shape index (κ2) is 2.30. The van der Waals surface area contributed by atoms with E-state index in [1.54, 1.807) is 0 Å². The number of tetrazole rings is 1. The second-order valence-corrected chi connectivity index (χ2v) is 2.62. The van der Waals surface area contributed by atoms with Gasteiger partial charge in [0, 0.05) is 0 Å². The van der Waals surface area contributed by atoms with E-state index in [9.17, 15) is 4.79 Å². The van der Waals surface area contributed by atoms with Crippen molar-refractivity contribution in [2.75, 3.05) is 0 Å². The SMILES string of the molecule is CC(C)(C(=O)O)n1cnnn1. The van der Waals surface area contributed by atoms with Crippen LogP contribution in [0.4, 0.5) is 0 Å². The predicted octanol–water partition coefficient (Wildman–Crippen LogP) is -0.507. The fourth-order valence-corrected chi connectivity index (χ4v) is 0.515. The van der Waals surface area contributed by atoms with Gasteiger partial charge in [-0.25, -0.2) is 9.48 Å². The summed E-state index contributed by atoms with van der Waals surface area (Å²) in [5.41, 5.74) is -1.08. The van der Waals surface area contributed by atoms with Gasteiger partial charge < -0.3 is 5.11 Å². The van der Waals surface area contributed by atoms with Gasteiger partial charge in [-0.05, 0) is 24.3 Å². The van der Waals surface area contributed by atoms with E-state index in [0.717, 1.165) is 0 Å². The van der Waals surface area contributed by atoms with Gasteiger partial charge in [-0.15, -0.1) is 5.10 Å². The molecule has 0 aliphatic rings. The third-order valence-electron chi connectivity index (χ3n) is 1.45. The Balaban J connectivity index is 3.00. The number of hydrogen-bond acceptors (Lipinski definition) is 4. The monoisotopic (exact) mass is 156 g/mol. The van der Waals surface area contributed by atoms with Crippen LogP contribution in [0.3, 0.4) is 0 Å². The van der Waals surface area contributed by atoms with E-state index >= 15 is 0 Å². The maximum Gasteiger partial charge on any atom is 0.331 e. The highest BCUT2D eigenvalue weighted by Crippen LogP contribution is 2.11. The van der Waals surface area contributed by atoms with Crippen molar-refractivity contribution < 1.29 is 9.90 Å². The molecule has 6 nitrogen and oxygen atoms in total. The van der Waals surface area contributed by atoms with Crippen LogP contribution in [-0.2, 0) is 10.3 Å². The predicted molar refractivity (Wildman–Crippen MR) is 34.8 cm³/mol. The van der Waals surface area contributed by atoms with Crippen molar-refractivity contribution in [2.45, 2.75) is 19.4 Å². The zero-order chi connectivity index (χ0) is 8.48. The van der Waals surface area contributed by atoms with Crippen molar-refractivity contribution in [3.05, 3.63) is 6.33 Å². The van der Waals surface area contributed by atoms with Gasteiger partial charge in [-0.1, -0.05) is 0 Å². The Morgan fingerprint density at radius 2 is 2.27 bits per heavy atom. The number of carboxylic acid groups (broad SMARTS) is 1. The average molecular weight is 156 g/mol. The van der Waals surface area contributed by atoms with Crippen LogP contribution in [0.25, 0.3) is 0 Å². The van der Waals surface area contributed by atoms with Crippen molar-refractivity contribution in [1.29, 1.82) is 0 Å². The highest BCUT2D eigenvalue weighted by molar-refractivity contribution is 5.75. The molecule has 1 heterocycles. The molecule has 0 saturated carbocycles. The smallest absolute Gasteiger partial charge is 0.331 e. The molecule has 1 aromatic rings. The summed E-state index contributed by atoms with van der Waals surface area (Å²) in [5.74, 6) is -0.968. The number of carboxylic acids is 1. The highest BCUT2D eigenvalue weighted by Gasteiger charge is 2.30. The molecule has 0 aromatic carbocycles. The summed E-state index contributed by atoms with van der Waals surface area (Å²) in [4.78, 5) is 10.6. The molecule has 60 valence electrons. The van der Waals surface area contributed by atoms with Gasteiger partial charge in [0.2, 0.25) is 0 Å².